The topological polar surface area (TPSA) is 50.9 Å². The lowest BCUT2D eigenvalue weighted by Crippen LogP contribution is -1.94. The molecule has 0 spiro atoms. The molecule has 0 bridgehead atoms. The van der Waals surface area contributed by atoms with Crippen LogP contribution in [0.1, 0.15) is 5.69 Å². The molecule has 0 radical (unpaired) electrons. The predicted molar refractivity (Wildman–Crippen MR) is 90.3 cm³/mol. The van der Waals surface area contributed by atoms with Crippen LogP contribution >= 0.6 is 0 Å². The zero-order chi connectivity index (χ0) is 16.7. The van der Waals surface area contributed by atoms with Gasteiger partial charge in [-0.05, 0) is 48.9 Å². The number of hydrogen-bond acceptors (Lipinski definition) is 3. The molecule has 24 heavy (non-hydrogen) atoms. The lowest BCUT2D eigenvalue weighted by molar-refractivity contribution is 0.205. The molecule has 4 rings (SSSR count). The third kappa shape index (κ3) is 2.22. The van der Waals surface area contributed by atoms with Crippen molar-refractivity contribution in [1.29, 1.82) is 0 Å². The fourth-order valence-corrected chi connectivity index (χ4v) is 2.91. The van der Waals surface area contributed by atoms with Crippen LogP contribution in [-0.2, 0) is 0 Å². The van der Waals surface area contributed by atoms with E-state index in [-0.39, 0.29) is 5.82 Å². The number of nitrogens with zero attached hydrogens (tertiary/aromatic N) is 3. The Morgan fingerprint density at radius 1 is 0.917 bits per heavy atom. The predicted octanol–water partition coefficient (Wildman–Crippen LogP) is 4.45. The average molecular weight is 319 g/mol. The average Bonchev–Trinajstić information content (AvgIpc) is 2.88. The van der Waals surface area contributed by atoms with Crippen LogP contribution in [0.15, 0.2) is 60.9 Å². The highest BCUT2D eigenvalue weighted by Crippen LogP contribution is 2.39. The first kappa shape index (κ1) is 14.4. The van der Waals surface area contributed by atoms with Crippen LogP contribution in [-0.4, -0.2) is 19.9 Å². The summed E-state index contributed by atoms with van der Waals surface area (Å²) >= 11 is 0. The van der Waals surface area contributed by atoms with E-state index in [9.17, 15) is 9.60 Å². The van der Waals surface area contributed by atoms with Gasteiger partial charge in [-0.1, -0.05) is 12.1 Å². The highest BCUT2D eigenvalue weighted by Gasteiger charge is 2.21. The Kier molecular flexibility index (Phi) is 3.27. The van der Waals surface area contributed by atoms with Gasteiger partial charge in [0.2, 0.25) is 0 Å². The summed E-state index contributed by atoms with van der Waals surface area (Å²) < 4.78 is 14.5. The van der Waals surface area contributed by atoms with Gasteiger partial charge < -0.3 is 5.21 Å². The molecule has 3 aromatic heterocycles. The Labute approximate surface area is 137 Å². The first-order chi connectivity index (χ1) is 11.6. The summed E-state index contributed by atoms with van der Waals surface area (Å²) in [5.74, 6) is -0.305. The van der Waals surface area contributed by atoms with E-state index < -0.39 is 0 Å². The lowest BCUT2D eigenvalue weighted by atomic mass is 10.0. The van der Waals surface area contributed by atoms with Crippen molar-refractivity contribution in [1.82, 2.24) is 14.7 Å². The molecule has 0 fully saturated rings. The van der Waals surface area contributed by atoms with Gasteiger partial charge in [-0.25, -0.2) is 4.39 Å². The fourth-order valence-electron chi connectivity index (χ4n) is 2.91. The van der Waals surface area contributed by atoms with Crippen molar-refractivity contribution in [3.63, 3.8) is 0 Å². The van der Waals surface area contributed by atoms with Gasteiger partial charge in [0.25, 0.3) is 0 Å². The van der Waals surface area contributed by atoms with E-state index >= 15 is 0 Å². The largest absolute Gasteiger partial charge is 0.428 e. The Bertz CT molecular complexity index is 1020. The minimum absolute atomic E-state index is 0.305. The quantitative estimate of drug-likeness (QED) is 0.555. The van der Waals surface area contributed by atoms with Crippen LogP contribution in [0.25, 0.3) is 33.4 Å². The smallest absolute Gasteiger partial charge is 0.123 e. The Hall–Kier alpha value is -3.21. The molecule has 5 heteroatoms. The van der Waals surface area contributed by atoms with Crippen molar-refractivity contribution in [2.24, 2.45) is 0 Å². The highest BCUT2D eigenvalue weighted by molar-refractivity contribution is 6.02. The maximum atomic E-state index is 13.3. The van der Waals surface area contributed by atoms with E-state index in [1.807, 2.05) is 31.2 Å². The van der Waals surface area contributed by atoms with Crippen LogP contribution in [0.5, 0.6) is 0 Å². The van der Waals surface area contributed by atoms with Gasteiger partial charge in [0.1, 0.15) is 16.9 Å². The molecule has 4 aromatic rings. The summed E-state index contributed by atoms with van der Waals surface area (Å²) in [6.07, 6.45) is 3.33. The van der Waals surface area contributed by atoms with Crippen LogP contribution in [0.4, 0.5) is 4.39 Å². The normalized spacial score (nSPS) is 11.1. The molecule has 3 heterocycles. The summed E-state index contributed by atoms with van der Waals surface area (Å²) in [5.41, 5.74) is 5.10. The minimum atomic E-state index is -0.305. The molecule has 1 N–H and O–H groups in total. The van der Waals surface area contributed by atoms with Gasteiger partial charge in [-0.3, -0.25) is 9.97 Å². The van der Waals surface area contributed by atoms with Gasteiger partial charge >= 0.3 is 0 Å². The zero-order valence-corrected chi connectivity index (χ0v) is 12.9. The molecule has 0 aliphatic carbocycles. The van der Waals surface area contributed by atoms with E-state index in [0.717, 1.165) is 27.1 Å². The molecular weight excluding hydrogens is 305 g/mol. The third-order valence-electron chi connectivity index (χ3n) is 4.01. The van der Waals surface area contributed by atoms with E-state index in [1.165, 1.54) is 12.1 Å². The molecule has 0 aliphatic heterocycles. The maximum Gasteiger partial charge on any atom is 0.123 e. The van der Waals surface area contributed by atoms with Crippen molar-refractivity contribution in [3.05, 3.63) is 72.4 Å². The molecule has 0 atom stereocenters. The lowest BCUT2D eigenvalue weighted by Gasteiger charge is -2.07. The third-order valence-corrected chi connectivity index (χ3v) is 4.01. The Morgan fingerprint density at radius 2 is 1.62 bits per heavy atom. The molecule has 4 nitrogen and oxygen atoms in total. The van der Waals surface area contributed by atoms with Gasteiger partial charge in [0.15, 0.2) is 0 Å². The molecule has 0 saturated carbocycles. The Morgan fingerprint density at radius 3 is 2.33 bits per heavy atom. The zero-order valence-electron chi connectivity index (χ0n) is 12.9. The molecular formula is C19H14FN3O. The number of aromatic nitrogens is 3. The summed E-state index contributed by atoms with van der Waals surface area (Å²) in [6.45, 7) is 1.90. The van der Waals surface area contributed by atoms with Crippen molar-refractivity contribution in [3.8, 4) is 22.4 Å². The minimum Gasteiger partial charge on any atom is -0.428 e. The maximum absolute atomic E-state index is 13.3. The summed E-state index contributed by atoms with van der Waals surface area (Å²) in [4.78, 5) is 8.62. The second-order valence-corrected chi connectivity index (χ2v) is 5.60. The number of hydrogen-bond donors (Lipinski definition) is 1. The number of aryl methyl sites for hydroxylation is 1. The molecule has 1 aromatic carbocycles. The summed E-state index contributed by atoms with van der Waals surface area (Å²) in [5, 5.41) is 10.7. The summed E-state index contributed by atoms with van der Waals surface area (Å²) in [7, 11) is 0. The van der Waals surface area contributed by atoms with Crippen LogP contribution in [0.3, 0.4) is 0 Å². The van der Waals surface area contributed by atoms with Crippen LogP contribution in [0.2, 0.25) is 0 Å². The first-order valence-corrected chi connectivity index (χ1v) is 7.53. The number of pyridine rings is 2. The van der Waals surface area contributed by atoms with E-state index in [1.54, 1.807) is 24.5 Å². The molecule has 0 amide bonds. The number of fused-ring (bicyclic) bond motifs is 1. The first-order valence-electron chi connectivity index (χ1n) is 7.53. The van der Waals surface area contributed by atoms with Crippen molar-refractivity contribution in [2.45, 2.75) is 6.92 Å². The van der Waals surface area contributed by atoms with Gasteiger partial charge in [0, 0.05) is 29.2 Å². The number of benzene rings is 1. The van der Waals surface area contributed by atoms with Gasteiger partial charge in [-0.2, -0.15) is 4.73 Å². The van der Waals surface area contributed by atoms with E-state index in [4.69, 9.17) is 0 Å². The SMILES string of the molecule is Cc1ccc2c(n1)c(-c1ccc(F)cc1)c(-c1ccncc1)n2O. The Balaban J connectivity index is 2.12. The standard InChI is InChI=1S/C19H14FN3O/c1-12-2-7-16-18(22-12)17(13-3-5-15(20)6-4-13)19(23(16)24)14-8-10-21-11-9-14/h2-11,24H,1H3. The van der Waals surface area contributed by atoms with Gasteiger partial charge in [0.05, 0.1) is 5.69 Å². The van der Waals surface area contributed by atoms with Gasteiger partial charge in [-0.15, -0.1) is 0 Å². The van der Waals surface area contributed by atoms with E-state index in [2.05, 4.69) is 9.97 Å². The van der Waals surface area contributed by atoms with Crippen LogP contribution in [0, 0.1) is 12.7 Å². The number of halogens is 1. The molecule has 0 saturated heterocycles. The molecule has 0 unspecified atom stereocenters. The van der Waals surface area contributed by atoms with E-state index in [0.29, 0.717) is 16.7 Å². The number of rotatable bonds is 2. The monoisotopic (exact) mass is 319 g/mol. The van der Waals surface area contributed by atoms with Crippen LogP contribution < -0.4 is 0 Å². The second-order valence-electron chi connectivity index (χ2n) is 5.60. The fraction of sp³-hybridized carbons (Fsp3) is 0.0526. The van der Waals surface area contributed by atoms with Crippen molar-refractivity contribution >= 4 is 11.0 Å². The van der Waals surface area contributed by atoms with Crippen molar-refractivity contribution < 1.29 is 9.60 Å². The summed E-state index contributed by atoms with van der Waals surface area (Å²) in [6, 6.07) is 13.5. The second kappa shape index (κ2) is 5.45. The molecule has 0 aliphatic rings. The van der Waals surface area contributed by atoms with Crippen molar-refractivity contribution in [2.75, 3.05) is 0 Å². The highest BCUT2D eigenvalue weighted by atomic mass is 19.1. The molecule has 118 valence electrons.